The van der Waals surface area contributed by atoms with Gasteiger partial charge in [-0.2, -0.15) is 12.7 Å². The number of fused-ring (bicyclic) bond motifs is 2. The second-order valence-corrected chi connectivity index (χ2v) is 20.0. The first-order valence-corrected chi connectivity index (χ1v) is 24.4. The molecule has 350 valence electrons. The van der Waals surface area contributed by atoms with Gasteiger partial charge in [-0.25, -0.2) is 13.8 Å². The monoisotopic (exact) mass is 934 g/mol. The van der Waals surface area contributed by atoms with Crippen molar-refractivity contribution in [2.24, 2.45) is 5.92 Å². The Kier molecular flexibility index (Phi) is 12.0. The summed E-state index contributed by atoms with van der Waals surface area (Å²) in [5, 5.41) is 2.83. The molecule has 0 saturated carbocycles. The minimum absolute atomic E-state index is 0.0422. The van der Waals surface area contributed by atoms with Crippen LogP contribution in [0.4, 0.5) is 20.2 Å². The minimum Gasteiger partial charge on any atom is -0.496 e. The average Bonchev–Trinajstić information content (AvgIpc) is 4.06. The number of ketones is 1. The summed E-state index contributed by atoms with van der Waals surface area (Å²) in [7, 11) is -2.99. The number of hydrogen-bond donors (Lipinski definition) is 3. The molecule has 5 aromatic rings. The first-order chi connectivity index (χ1) is 32.3. The lowest BCUT2D eigenvalue weighted by atomic mass is 9.87. The van der Waals surface area contributed by atoms with Gasteiger partial charge >= 0.3 is 10.2 Å². The van der Waals surface area contributed by atoms with Crippen molar-refractivity contribution >= 4 is 56.1 Å². The van der Waals surface area contributed by atoms with Crippen molar-refractivity contribution in [1.29, 1.82) is 0 Å². The number of benzene rings is 3. The molecular formula is C49H52F2N8O7S. The second-order valence-electron chi connectivity index (χ2n) is 18.4. The van der Waals surface area contributed by atoms with E-state index in [1.165, 1.54) is 31.0 Å². The predicted octanol–water partition coefficient (Wildman–Crippen LogP) is 6.17. The van der Waals surface area contributed by atoms with Crippen LogP contribution in [-0.4, -0.2) is 121 Å². The highest BCUT2D eigenvalue weighted by Gasteiger charge is 2.40. The van der Waals surface area contributed by atoms with Gasteiger partial charge in [-0.1, -0.05) is 24.3 Å². The van der Waals surface area contributed by atoms with Crippen LogP contribution in [0.5, 0.6) is 5.75 Å². The van der Waals surface area contributed by atoms with E-state index in [1.807, 2.05) is 24.3 Å². The molecule has 5 aliphatic heterocycles. The molecule has 10 rings (SSSR count). The van der Waals surface area contributed by atoms with Crippen molar-refractivity contribution in [3.63, 3.8) is 0 Å². The molecule has 3 amide bonds. The number of imide groups is 1. The van der Waals surface area contributed by atoms with Crippen LogP contribution in [-0.2, 0) is 26.3 Å². The van der Waals surface area contributed by atoms with E-state index >= 15 is 4.39 Å². The quantitative estimate of drug-likeness (QED) is 0.0970. The van der Waals surface area contributed by atoms with Crippen molar-refractivity contribution in [1.82, 2.24) is 29.4 Å². The number of H-pyrrole nitrogens is 1. The first-order valence-electron chi connectivity index (χ1n) is 23.0. The number of carbonyl (C=O) groups is 4. The lowest BCUT2D eigenvalue weighted by Gasteiger charge is -2.38. The Morgan fingerprint density at radius 3 is 2.40 bits per heavy atom. The summed E-state index contributed by atoms with van der Waals surface area (Å²) in [5.74, 6) is -1.72. The fraction of sp³-hybridized carbons (Fsp3) is 0.408. The van der Waals surface area contributed by atoms with Gasteiger partial charge in [-0.15, -0.1) is 0 Å². The Labute approximate surface area is 387 Å². The number of carbonyl (C=O) groups excluding carboxylic acids is 4. The average molecular weight is 935 g/mol. The molecule has 18 heteroatoms. The van der Waals surface area contributed by atoms with Gasteiger partial charge in [0.2, 0.25) is 17.6 Å². The summed E-state index contributed by atoms with van der Waals surface area (Å²) < 4.78 is 64.2. The zero-order valence-corrected chi connectivity index (χ0v) is 37.9. The molecule has 3 N–H and O–H groups in total. The number of ether oxygens (including phenoxy) is 1. The third-order valence-electron chi connectivity index (χ3n) is 14.3. The van der Waals surface area contributed by atoms with Gasteiger partial charge in [0.15, 0.2) is 5.82 Å². The molecule has 2 aromatic heterocycles. The van der Waals surface area contributed by atoms with Crippen LogP contribution in [0.3, 0.4) is 0 Å². The molecule has 1 unspecified atom stereocenters. The van der Waals surface area contributed by atoms with E-state index in [1.54, 1.807) is 11.1 Å². The summed E-state index contributed by atoms with van der Waals surface area (Å²) in [6, 6.07) is 18.1. The molecular weight excluding hydrogens is 883 g/mol. The number of anilines is 2. The van der Waals surface area contributed by atoms with Gasteiger partial charge in [0.1, 0.15) is 29.2 Å². The van der Waals surface area contributed by atoms with E-state index in [4.69, 9.17) is 4.74 Å². The van der Waals surface area contributed by atoms with Gasteiger partial charge in [-0.3, -0.25) is 29.2 Å². The molecule has 0 spiro atoms. The number of halogens is 2. The standard InChI is InChI=1S/C49H52F2N8O7S/c1-66-42-10-8-40(55-67(64,65)58-21-16-35(50)28-58)45(51)44(42)46(61)39-25-53-47-38(39)23-33(24-52-47)30-2-5-36(6-3-30)57-19-12-29(13-20-57)26-56-17-14-31(15-18-56)32-4-7-37-34(22-32)27-59(49(37)63)41-9-11-43(60)54-48(41)62/h2-8,10,22-25,29,31,35,41,55H,9,11-21,26-28H2,1H3,(H,52,53)(H,54,60,62)/t35-,41?/m1/s1. The van der Waals surface area contributed by atoms with Crippen LogP contribution in [0.25, 0.3) is 22.2 Å². The number of piperidine rings is 3. The molecule has 4 saturated heterocycles. The molecule has 2 atom stereocenters. The number of amides is 3. The predicted molar refractivity (Wildman–Crippen MR) is 247 cm³/mol. The second kappa shape index (κ2) is 18.1. The maximum absolute atomic E-state index is 16.1. The SMILES string of the molecule is COc1ccc(NS(=O)(=O)N2CC[C@@H](F)C2)c(F)c1C(=O)c1c[nH]c2ncc(-c3ccc(N4CCC(CN5CCC(c6ccc7c(c6)CN(C6CCC(=O)NC6=O)C7=O)CC5)CC4)cc3)cc12. The van der Waals surface area contributed by atoms with E-state index in [0.717, 1.165) is 85.1 Å². The summed E-state index contributed by atoms with van der Waals surface area (Å²) in [5.41, 5.74) is 5.26. The van der Waals surface area contributed by atoms with Crippen LogP contribution in [0.1, 0.15) is 88.3 Å². The molecule has 67 heavy (non-hydrogen) atoms. The number of nitrogens with zero attached hydrogens (tertiary/aromatic N) is 5. The van der Waals surface area contributed by atoms with Crippen molar-refractivity contribution in [3.8, 4) is 16.9 Å². The molecule has 0 aliphatic carbocycles. The summed E-state index contributed by atoms with van der Waals surface area (Å²) in [6.45, 7) is 5.03. The lowest BCUT2D eigenvalue weighted by Crippen LogP contribution is -2.52. The molecule has 0 radical (unpaired) electrons. The highest BCUT2D eigenvalue weighted by Crippen LogP contribution is 2.37. The Morgan fingerprint density at radius 1 is 0.910 bits per heavy atom. The summed E-state index contributed by atoms with van der Waals surface area (Å²) in [4.78, 5) is 65.6. The van der Waals surface area contributed by atoms with Crippen LogP contribution >= 0.6 is 0 Å². The highest BCUT2D eigenvalue weighted by molar-refractivity contribution is 7.90. The summed E-state index contributed by atoms with van der Waals surface area (Å²) >= 11 is 0. The Morgan fingerprint density at radius 2 is 1.69 bits per heavy atom. The fourth-order valence-electron chi connectivity index (χ4n) is 10.5. The smallest absolute Gasteiger partial charge is 0.301 e. The molecule has 5 aliphatic rings. The third-order valence-corrected chi connectivity index (χ3v) is 15.8. The van der Waals surface area contributed by atoms with E-state index in [-0.39, 0.29) is 49.1 Å². The Bertz CT molecular complexity index is 2880. The largest absolute Gasteiger partial charge is 0.496 e. The number of hydrogen-bond acceptors (Lipinski definition) is 10. The molecule has 15 nitrogen and oxygen atoms in total. The van der Waals surface area contributed by atoms with E-state index < -0.39 is 51.2 Å². The van der Waals surface area contributed by atoms with E-state index in [2.05, 4.69) is 54.1 Å². The zero-order valence-electron chi connectivity index (χ0n) is 37.1. The topological polar surface area (TPSA) is 177 Å². The Balaban J connectivity index is 0.736. The Hall–Kier alpha value is -6.24. The van der Waals surface area contributed by atoms with Crippen LogP contribution < -0.4 is 19.7 Å². The van der Waals surface area contributed by atoms with Gasteiger partial charge in [0.25, 0.3) is 5.91 Å². The number of pyridine rings is 1. The summed E-state index contributed by atoms with van der Waals surface area (Å²) in [6.07, 6.45) is 6.77. The number of aromatic nitrogens is 2. The third kappa shape index (κ3) is 8.77. The van der Waals surface area contributed by atoms with Crippen LogP contribution in [0, 0.1) is 11.7 Å². The normalized spacial score (nSPS) is 21.3. The number of alkyl halides is 1. The van der Waals surface area contributed by atoms with Gasteiger partial charge in [-0.05, 0) is 117 Å². The number of nitrogens with one attached hydrogen (secondary N) is 3. The number of rotatable bonds is 12. The van der Waals surface area contributed by atoms with Gasteiger partial charge < -0.3 is 24.4 Å². The molecule has 7 heterocycles. The lowest BCUT2D eigenvalue weighted by molar-refractivity contribution is -0.136. The number of likely N-dealkylation sites (tertiary alicyclic amines) is 1. The molecule has 3 aromatic carbocycles. The van der Waals surface area contributed by atoms with Crippen molar-refractivity contribution in [2.45, 2.75) is 69.6 Å². The minimum atomic E-state index is -4.28. The van der Waals surface area contributed by atoms with Gasteiger partial charge in [0.05, 0.1) is 12.8 Å². The van der Waals surface area contributed by atoms with Crippen molar-refractivity contribution in [3.05, 3.63) is 107 Å². The zero-order chi connectivity index (χ0) is 46.6. The van der Waals surface area contributed by atoms with Crippen molar-refractivity contribution < 1.29 is 41.1 Å². The number of methoxy groups -OCH3 is 1. The first kappa shape index (κ1) is 44.6. The fourth-order valence-corrected chi connectivity index (χ4v) is 11.8. The van der Waals surface area contributed by atoms with E-state index in [9.17, 15) is 32.0 Å². The number of aromatic amines is 1. The van der Waals surface area contributed by atoms with E-state index in [0.29, 0.717) is 41.4 Å². The molecule has 4 fully saturated rings. The highest BCUT2D eigenvalue weighted by atomic mass is 32.2. The maximum Gasteiger partial charge on any atom is 0.301 e. The van der Waals surface area contributed by atoms with Gasteiger partial charge in [0, 0.05) is 85.8 Å². The van der Waals surface area contributed by atoms with Crippen LogP contribution in [0.2, 0.25) is 0 Å². The maximum atomic E-state index is 16.1. The molecule has 0 bridgehead atoms. The van der Waals surface area contributed by atoms with Crippen LogP contribution in [0.15, 0.2) is 73.1 Å². The van der Waals surface area contributed by atoms with Crippen molar-refractivity contribution in [2.75, 3.05) is 62.5 Å².